The zero-order valence-electron chi connectivity index (χ0n) is 9.88. The van der Waals surface area contributed by atoms with Crippen LogP contribution >= 0.6 is 0 Å². The molecule has 0 bridgehead atoms. The van der Waals surface area contributed by atoms with Crippen molar-refractivity contribution in [1.29, 1.82) is 0 Å². The summed E-state index contributed by atoms with van der Waals surface area (Å²) >= 11 is 0. The van der Waals surface area contributed by atoms with Gasteiger partial charge >= 0.3 is 0 Å². The van der Waals surface area contributed by atoms with E-state index in [4.69, 9.17) is 4.74 Å². The fraction of sp³-hybridized carbons (Fsp3) is 0.538. The standard InChI is InChI=1S/C13H19FO/c1-10(2)9-13(3,4)15-12-7-5-11(14)6-8-12/h5-8,10H,9H2,1-4H3. The molecule has 0 aliphatic rings. The van der Waals surface area contributed by atoms with Crippen LogP contribution in [0.2, 0.25) is 0 Å². The molecular formula is C13H19FO. The van der Waals surface area contributed by atoms with E-state index in [1.54, 1.807) is 12.1 Å². The van der Waals surface area contributed by atoms with E-state index in [-0.39, 0.29) is 11.4 Å². The van der Waals surface area contributed by atoms with E-state index in [0.717, 1.165) is 12.2 Å². The van der Waals surface area contributed by atoms with E-state index in [2.05, 4.69) is 27.7 Å². The van der Waals surface area contributed by atoms with Gasteiger partial charge in [0.05, 0.1) is 0 Å². The second kappa shape index (κ2) is 4.65. The largest absolute Gasteiger partial charge is 0.488 e. The summed E-state index contributed by atoms with van der Waals surface area (Å²) < 4.78 is 18.5. The first kappa shape index (κ1) is 12.0. The summed E-state index contributed by atoms with van der Waals surface area (Å²) in [5, 5.41) is 0. The molecule has 1 rings (SSSR count). The normalized spacial score (nSPS) is 11.9. The smallest absolute Gasteiger partial charge is 0.123 e. The molecule has 0 radical (unpaired) electrons. The highest BCUT2D eigenvalue weighted by Gasteiger charge is 2.21. The van der Waals surface area contributed by atoms with Crippen LogP contribution in [-0.4, -0.2) is 5.60 Å². The summed E-state index contributed by atoms with van der Waals surface area (Å²) in [4.78, 5) is 0. The topological polar surface area (TPSA) is 9.23 Å². The molecule has 0 saturated heterocycles. The lowest BCUT2D eigenvalue weighted by molar-refractivity contribution is 0.0851. The van der Waals surface area contributed by atoms with Crippen LogP contribution in [-0.2, 0) is 0 Å². The zero-order valence-corrected chi connectivity index (χ0v) is 9.88. The molecule has 84 valence electrons. The molecule has 0 heterocycles. The Kier molecular flexibility index (Phi) is 3.72. The Morgan fingerprint density at radius 1 is 1.20 bits per heavy atom. The molecule has 0 aliphatic heterocycles. The molecule has 0 saturated carbocycles. The van der Waals surface area contributed by atoms with Gasteiger partial charge in [0.1, 0.15) is 17.2 Å². The Labute approximate surface area is 91.3 Å². The van der Waals surface area contributed by atoms with Crippen molar-refractivity contribution in [2.75, 3.05) is 0 Å². The van der Waals surface area contributed by atoms with Gasteiger partial charge in [0.15, 0.2) is 0 Å². The van der Waals surface area contributed by atoms with E-state index < -0.39 is 0 Å². The molecule has 1 aromatic rings. The predicted octanol–water partition coefficient (Wildman–Crippen LogP) is 4.03. The first-order valence-electron chi connectivity index (χ1n) is 5.34. The minimum absolute atomic E-state index is 0.202. The Morgan fingerprint density at radius 3 is 2.20 bits per heavy atom. The number of hydrogen-bond donors (Lipinski definition) is 0. The van der Waals surface area contributed by atoms with Gasteiger partial charge in [-0.15, -0.1) is 0 Å². The van der Waals surface area contributed by atoms with Crippen molar-refractivity contribution in [3.63, 3.8) is 0 Å². The lowest BCUT2D eigenvalue weighted by Gasteiger charge is -2.28. The van der Waals surface area contributed by atoms with Crippen LogP contribution in [0.15, 0.2) is 24.3 Å². The van der Waals surface area contributed by atoms with Crippen LogP contribution in [0.1, 0.15) is 34.1 Å². The molecule has 0 fully saturated rings. The minimum Gasteiger partial charge on any atom is -0.488 e. The van der Waals surface area contributed by atoms with Gasteiger partial charge in [0, 0.05) is 0 Å². The van der Waals surface area contributed by atoms with Crippen molar-refractivity contribution in [1.82, 2.24) is 0 Å². The van der Waals surface area contributed by atoms with Crippen molar-refractivity contribution in [3.05, 3.63) is 30.1 Å². The number of benzene rings is 1. The summed E-state index contributed by atoms with van der Waals surface area (Å²) in [5.41, 5.74) is -0.202. The molecule has 15 heavy (non-hydrogen) atoms. The number of hydrogen-bond acceptors (Lipinski definition) is 1. The van der Waals surface area contributed by atoms with Crippen LogP contribution in [0.5, 0.6) is 5.75 Å². The van der Waals surface area contributed by atoms with E-state index in [1.165, 1.54) is 12.1 Å². The number of ether oxygens (including phenoxy) is 1. The average molecular weight is 210 g/mol. The highest BCUT2D eigenvalue weighted by molar-refractivity contribution is 5.22. The van der Waals surface area contributed by atoms with Crippen molar-refractivity contribution in [3.8, 4) is 5.75 Å². The molecule has 0 aromatic heterocycles. The molecule has 1 aromatic carbocycles. The lowest BCUT2D eigenvalue weighted by Crippen LogP contribution is -2.29. The lowest BCUT2D eigenvalue weighted by atomic mass is 9.96. The van der Waals surface area contributed by atoms with Gasteiger partial charge in [0.2, 0.25) is 0 Å². The Balaban J connectivity index is 2.64. The molecule has 0 N–H and O–H groups in total. The van der Waals surface area contributed by atoms with Crippen LogP contribution in [0.3, 0.4) is 0 Å². The van der Waals surface area contributed by atoms with E-state index in [0.29, 0.717) is 5.92 Å². The Bertz CT molecular complexity index is 301. The van der Waals surface area contributed by atoms with Gasteiger partial charge in [-0.1, -0.05) is 13.8 Å². The summed E-state index contributed by atoms with van der Waals surface area (Å²) in [5.74, 6) is 1.08. The van der Waals surface area contributed by atoms with Crippen molar-refractivity contribution in [2.24, 2.45) is 5.92 Å². The van der Waals surface area contributed by atoms with Crippen LogP contribution < -0.4 is 4.74 Å². The van der Waals surface area contributed by atoms with Crippen molar-refractivity contribution < 1.29 is 9.13 Å². The molecule has 2 heteroatoms. The van der Waals surface area contributed by atoms with Gasteiger partial charge in [-0.2, -0.15) is 0 Å². The van der Waals surface area contributed by atoms with Crippen LogP contribution in [0, 0.1) is 11.7 Å². The van der Waals surface area contributed by atoms with Crippen molar-refractivity contribution in [2.45, 2.75) is 39.7 Å². The number of rotatable bonds is 4. The Morgan fingerprint density at radius 2 is 1.73 bits per heavy atom. The van der Waals surface area contributed by atoms with Gasteiger partial charge in [-0.3, -0.25) is 0 Å². The molecule has 0 spiro atoms. The maximum Gasteiger partial charge on any atom is 0.123 e. The quantitative estimate of drug-likeness (QED) is 0.729. The second-order valence-corrected chi connectivity index (χ2v) is 4.91. The van der Waals surface area contributed by atoms with Crippen LogP contribution in [0.25, 0.3) is 0 Å². The van der Waals surface area contributed by atoms with Gasteiger partial charge < -0.3 is 4.74 Å². The summed E-state index contributed by atoms with van der Waals surface area (Å²) in [7, 11) is 0. The fourth-order valence-electron chi connectivity index (χ4n) is 1.85. The maximum atomic E-state index is 12.7. The monoisotopic (exact) mass is 210 g/mol. The Hall–Kier alpha value is -1.05. The van der Waals surface area contributed by atoms with Crippen LogP contribution in [0.4, 0.5) is 4.39 Å². The first-order valence-corrected chi connectivity index (χ1v) is 5.34. The highest BCUT2D eigenvalue weighted by Crippen LogP contribution is 2.24. The molecule has 0 unspecified atom stereocenters. The second-order valence-electron chi connectivity index (χ2n) is 4.91. The third-order valence-electron chi connectivity index (χ3n) is 2.11. The van der Waals surface area contributed by atoms with Gasteiger partial charge in [-0.25, -0.2) is 4.39 Å². The average Bonchev–Trinajstić information content (AvgIpc) is 2.06. The molecule has 1 nitrogen and oxygen atoms in total. The minimum atomic E-state index is -0.232. The number of halogens is 1. The van der Waals surface area contributed by atoms with E-state index >= 15 is 0 Å². The maximum absolute atomic E-state index is 12.7. The summed E-state index contributed by atoms with van der Waals surface area (Å²) in [6.07, 6.45) is 0.977. The SMILES string of the molecule is CC(C)CC(C)(C)Oc1ccc(F)cc1. The van der Waals surface area contributed by atoms with E-state index in [9.17, 15) is 4.39 Å². The summed E-state index contributed by atoms with van der Waals surface area (Å²) in [6.45, 7) is 8.43. The molecule has 0 amide bonds. The molecule has 0 atom stereocenters. The fourth-order valence-corrected chi connectivity index (χ4v) is 1.85. The third-order valence-corrected chi connectivity index (χ3v) is 2.11. The molecule has 0 aliphatic carbocycles. The van der Waals surface area contributed by atoms with Crippen molar-refractivity contribution >= 4 is 0 Å². The summed E-state index contributed by atoms with van der Waals surface area (Å²) in [6, 6.07) is 6.16. The van der Waals surface area contributed by atoms with Gasteiger partial charge in [-0.05, 0) is 50.5 Å². The van der Waals surface area contributed by atoms with E-state index in [1.807, 2.05) is 0 Å². The third kappa shape index (κ3) is 4.32. The first-order chi connectivity index (χ1) is 6.89. The molecular weight excluding hydrogens is 191 g/mol. The van der Waals surface area contributed by atoms with Gasteiger partial charge in [0.25, 0.3) is 0 Å². The predicted molar refractivity (Wildman–Crippen MR) is 60.6 cm³/mol. The highest BCUT2D eigenvalue weighted by atomic mass is 19.1. The zero-order chi connectivity index (χ0) is 11.5.